The Morgan fingerprint density at radius 3 is 2.48 bits per heavy atom. The molecule has 0 aromatic rings. The SMILES string of the molecule is CCOC(=O)NC(CNC(=NC)N1CC(C)C(C(=O)OC)C1)CC(C)C.I. The van der Waals surface area contributed by atoms with Crippen LogP contribution in [0.5, 0.6) is 0 Å². The Morgan fingerprint density at radius 1 is 1.30 bits per heavy atom. The molecule has 1 heterocycles. The van der Waals surface area contributed by atoms with Crippen molar-refractivity contribution in [2.45, 2.75) is 40.2 Å². The summed E-state index contributed by atoms with van der Waals surface area (Å²) in [6.07, 6.45) is 0.416. The standard InChI is InChI=1S/C18H34N4O4.HI/c1-7-26-18(24)21-14(8-12(2)3)9-20-17(19-5)22-10-13(4)15(11-22)16(23)25-6;/h12-15H,7-11H2,1-6H3,(H,19,20)(H,21,24);1H. The monoisotopic (exact) mass is 498 g/mol. The van der Waals surface area contributed by atoms with Gasteiger partial charge in [0.1, 0.15) is 0 Å². The predicted molar refractivity (Wildman–Crippen MR) is 116 cm³/mol. The fraction of sp³-hybridized carbons (Fsp3) is 0.833. The highest BCUT2D eigenvalue weighted by molar-refractivity contribution is 14.0. The summed E-state index contributed by atoms with van der Waals surface area (Å²) < 4.78 is 9.87. The molecule has 0 saturated carbocycles. The van der Waals surface area contributed by atoms with Crippen LogP contribution in [0.1, 0.15) is 34.1 Å². The number of esters is 1. The summed E-state index contributed by atoms with van der Waals surface area (Å²) in [5.41, 5.74) is 0. The summed E-state index contributed by atoms with van der Waals surface area (Å²) in [6.45, 7) is 10.2. The zero-order chi connectivity index (χ0) is 19.7. The number of carbonyl (C=O) groups is 2. The zero-order valence-electron chi connectivity index (χ0n) is 17.3. The minimum Gasteiger partial charge on any atom is -0.469 e. The number of hydrogen-bond acceptors (Lipinski definition) is 5. The molecule has 1 rings (SSSR count). The third-order valence-electron chi connectivity index (χ3n) is 4.49. The van der Waals surface area contributed by atoms with Gasteiger partial charge in [-0.2, -0.15) is 0 Å². The summed E-state index contributed by atoms with van der Waals surface area (Å²) in [6, 6.07) is -0.0674. The number of likely N-dealkylation sites (tertiary alicyclic amines) is 1. The molecular formula is C18H35IN4O4. The van der Waals surface area contributed by atoms with Crippen molar-refractivity contribution in [1.82, 2.24) is 15.5 Å². The van der Waals surface area contributed by atoms with Crippen LogP contribution in [0.25, 0.3) is 0 Å². The molecule has 1 amide bonds. The molecule has 1 aliphatic rings. The normalized spacial score (nSPS) is 20.7. The minimum atomic E-state index is -0.407. The second-order valence-electron chi connectivity index (χ2n) is 7.13. The lowest BCUT2D eigenvalue weighted by Gasteiger charge is -2.25. The quantitative estimate of drug-likeness (QED) is 0.242. The lowest BCUT2D eigenvalue weighted by molar-refractivity contribution is -0.145. The molecule has 0 aromatic carbocycles. The smallest absolute Gasteiger partial charge is 0.407 e. The van der Waals surface area contributed by atoms with Crippen molar-refractivity contribution in [2.75, 3.05) is 40.4 Å². The first-order chi connectivity index (χ1) is 12.3. The number of amides is 1. The molecule has 3 unspecified atom stereocenters. The van der Waals surface area contributed by atoms with Crippen molar-refractivity contribution in [3.05, 3.63) is 0 Å². The van der Waals surface area contributed by atoms with E-state index in [9.17, 15) is 9.59 Å². The van der Waals surface area contributed by atoms with Crippen LogP contribution in [0.4, 0.5) is 4.79 Å². The van der Waals surface area contributed by atoms with Crippen molar-refractivity contribution >= 4 is 42.0 Å². The van der Waals surface area contributed by atoms with Crippen LogP contribution >= 0.6 is 24.0 Å². The molecule has 1 fully saturated rings. The van der Waals surface area contributed by atoms with Crippen LogP contribution in [0.2, 0.25) is 0 Å². The first-order valence-corrected chi connectivity index (χ1v) is 9.28. The molecule has 0 radical (unpaired) electrons. The van der Waals surface area contributed by atoms with E-state index in [0.717, 1.165) is 18.9 Å². The second-order valence-corrected chi connectivity index (χ2v) is 7.13. The van der Waals surface area contributed by atoms with Gasteiger partial charge in [-0.05, 0) is 25.2 Å². The Balaban J connectivity index is 0.00000676. The average molecular weight is 498 g/mol. The van der Waals surface area contributed by atoms with E-state index in [1.54, 1.807) is 14.0 Å². The number of ether oxygens (including phenoxy) is 2. The van der Waals surface area contributed by atoms with E-state index >= 15 is 0 Å². The van der Waals surface area contributed by atoms with Gasteiger partial charge in [-0.3, -0.25) is 9.79 Å². The molecule has 27 heavy (non-hydrogen) atoms. The molecule has 9 heteroatoms. The van der Waals surface area contributed by atoms with Crippen molar-refractivity contribution in [1.29, 1.82) is 0 Å². The zero-order valence-corrected chi connectivity index (χ0v) is 19.6. The van der Waals surface area contributed by atoms with E-state index in [0.29, 0.717) is 25.6 Å². The number of methoxy groups -OCH3 is 1. The van der Waals surface area contributed by atoms with Crippen LogP contribution < -0.4 is 10.6 Å². The van der Waals surface area contributed by atoms with Crippen LogP contribution in [-0.4, -0.2) is 69.4 Å². The van der Waals surface area contributed by atoms with Gasteiger partial charge in [0.2, 0.25) is 0 Å². The summed E-state index contributed by atoms with van der Waals surface area (Å²) in [5, 5.41) is 6.21. The van der Waals surface area contributed by atoms with E-state index in [4.69, 9.17) is 9.47 Å². The van der Waals surface area contributed by atoms with Crippen LogP contribution in [0.3, 0.4) is 0 Å². The van der Waals surface area contributed by atoms with Gasteiger partial charge in [-0.15, -0.1) is 24.0 Å². The first-order valence-electron chi connectivity index (χ1n) is 9.28. The Bertz CT molecular complexity index is 502. The molecule has 1 saturated heterocycles. The van der Waals surface area contributed by atoms with Crippen molar-refractivity contribution in [3.8, 4) is 0 Å². The molecule has 0 bridgehead atoms. The largest absolute Gasteiger partial charge is 0.469 e. The molecule has 0 spiro atoms. The summed E-state index contributed by atoms with van der Waals surface area (Å²) in [4.78, 5) is 30.0. The summed E-state index contributed by atoms with van der Waals surface area (Å²) in [5.74, 6) is 1.02. The average Bonchev–Trinajstić information content (AvgIpc) is 2.95. The van der Waals surface area contributed by atoms with E-state index < -0.39 is 6.09 Å². The van der Waals surface area contributed by atoms with E-state index in [1.807, 2.05) is 6.92 Å². The molecule has 1 aliphatic heterocycles. The van der Waals surface area contributed by atoms with Gasteiger partial charge in [0.05, 0.1) is 19.6 Å². The maximum Gasteiger partial charge on any atom is 0.407 e. The molecule has 0 aliphatic carbocycles. The Hall–Kier alpha value is -1.26. The van der Waals surface area contributed by atoms with Gasteiger partial charge in [0.15, 0.2) is 5.96 Å². The highest BCUT2D eigenvalue weighted by Gasteiger charge is 2.37. The Morgan fingerprint density at radius 2 is 1.96 bits per heavy atom. The molecule has 0 aromatic heterocycles. The lowest BCUT2D eigenvalue weighted by atomic mass is 9.99. The van der Waals surface area contributed by atoms with E-state index in [1.165, 1.54) is 7.11 Å². The minimum absolute atomic E-state index is 0. The van der Waals surface area contributed by atoms with Crippen LogP contribution in [0.15, 0.2) is 4.99 Å². The number of alkyl carbamates (subject to hydrolysis) is 1. The molecule has 3 atom stereocenters. The Labute approximate surface area is 179 Å². The molecule has 158 valence electrons. The predicted octanol–water partition coefficient (Wildman–Crippen LogP) is 2.08. The Kier molecular flexibility index (Phi) is 12.4. The van der Waals surface area contributed by atoms with Gasteiger partial charge in [0.25, 0.3) is 0 Å². The molecule has 8 nitrogen and oxygen atoms in total. The molecular weight excluding hydrogens is 463 g/mol. The number of carbonyl (C=O) groups excluding carboxylic acids is 2. The van der Waals surface area contributed by atoms with E-state index in [-0.39, 0.29) is 47.8 Å². The topological polar surface area (TPSA) is 92.3 Å². The third kappa shape index (κ3) is 8.52. The fourth-order valence-electron chi connectivity index (χ4n) is 3.25. The van der Waals surface area contributed by atoms with Crippen molar-refractivity contribution in [2.24, 2.45) is 22.7 Å². The number of hydrogen-bond donors (Lipinski definition) is 2. The van der Waals surface area contributed by atoms with Gasteiger partial charge < -0.3 is 25.0 Å². The van der Waals surface area contributed by atoms with Crippen LogP contribution in [0, 0.1) is 17.8 Å². The third-order valence-corrected chi connectivity index (χ3v) is 4.49. The second kappa shape index (κ2) is 13.0. The number of guanidine groups is 1. The van der Waals surface area contributed by atoms with Crippen molar-refractivity contribution in [3.63, 3.8) is 0 Å². The first kappa shape index (κ1) is 25.7. The maximum atomic E-state index is 11.9. The van der Waals surface area contributed by atoms with Gasteiger partial charge in [0, 0.05) is 32.7 Å². The number of aliphatic imine (C=N–C) groups is 1. The van der Waals surface area contributed by atoms with Crippen molar-refractivity contribution < 1.29 is 19.1 Å². The van der Waals surface area contributed by atoms with E-state index in [2.05, 4.69) is 34.4 Å². The van der Waals surface area contributed by atoms with Gasteiger partial charge in [-0.1, -0.05) is 20.8 Å². The van der Waals surface area contributed by atoms with Crippen LogP contribution in [-0.2, 0) is 14.3 Å². The number of halogens is 1. The summed E-state index contributed by atoms with van der Waals surface area (Å²) in [7, 11) is 3.14. The molecule has 2 N–H and O–H groups in total. The van der Waals surface area contributed by atoms with Gasteiger partial charge in [-0.25, -0.2) is 4.79 Å². The lowest BCUT2D eigenvalue weighted by Crippen LogP contribution is -2.48. The number of rotatable bonds is 7. The maximum absolute atomic E-state index is 11.9. The number of nitrogens with zero attached hydrogens (tertiary/aromatic N) is 2. The highest BCUT2D eigenvalue weighted by atomic mass is 127. The highest BCUT2D eigenvalue weighted by Crippen LogP contribution is 2.24. The number of nitrogens with one attached hydrogen (secondary N) is 2. The fourth-order valence-corrected chi connectivity index (χ4v) is 3.25. The van der Waals surface area contributed by atoms with Gasteiger partial charge >= 0.3 is 12.1 Å². The summed E-state index contributed by atoms with van der Waals surface area (Å²) >= 11 is 0.